The lowest BCUT2D eigenvalue weighted by atomic mass is 10.2. The van der Waals surface area contributed by atoms with Crippen LogP contribution in [0.5, 0.6) is 17.2 Å². The largest absolute Gasteiger partial charge is 0.493 e. The van der Waals surface area contributed by atoms with Crippen molar-refractivity contribution in [1.29, 1.82) is 0 Å². The summed E-state index contributed by atoms with van der Waals surface area (Å²) in [5.74, 6) is 2.28. The van der Waals surface area contributed by atoms with Crippen LogP contribution in [0.4, 0.5) is 0 Å². The van der Waals surface area contributed by atoms with Crippen molar-refractivity contribution in [2.24, 2.45) is 0 Å². The summed E-state index contributed by atoms with van der Waals surface area (Å²) >= 11 is 3.48. The van der Waals surface area contributed by atoms with Crippen LogP contribution in [-0.2, 0) is 6.54 Å². The zero-order chi connectivity index (χ0) is 14.5. The Hall–Kier alpha value is -1.52. The molecule has 2 rings (SSSR count). The van der Waals surface area contributed by atoms with E-state index in [4.69, 9.17) is 9.47 Å². The van der Waals surface area contributed by atoms with Crippen LogP contribution in [0.1, 0.15) is 11.1 Å². The number of hydrogen-bond acceptors (Lipinski definition) is 3. The van der Waals surface area contributed by atoms with Crippen LogP contribution in [0.3, 0.4) is 0 Å². The minimum atomic E-state index is 0.720. The van der Waals surface area contributed by atoms with Gasteiger partial charge < -0.3 is 14.8 Å². The fourth-order valence-electron chi connectivity index (χ4n) is 1.95. The van der Waals surface area contributed by atoms with Gasteiger partial charge in [0, 0.05) is 16.6 Å². The van der Waals surface area contributed by atoms with Gasteiger partial charge in [0.15, 0.2) is 11.5 Å². The molecule has 2 aromatic carbocycles. The average molecular weight is 336 g/mol. The fourth-order valence-corrected chi connectivity index (χ4v) is 2.36. The fraction of sp³-hybridized carbons (Fsp3) is 0.250. The molecule has 0 aromatic heterocycles. The highest BCUT2D eigenvalue weighted by Crippen LogP contribution is 2.34. The maximum absolute atomic E-state index is 6.01. The van der Waals surface area contributed by atoms with Gasteiger partial charge in [-0.05, 0) is 49.9 Å². The SMILES string of the molecule is CNCc1cc(Br)ccc1Oc1ccc(C)cc1OC. The van der Waals surface area contributed by atoms with Crippen LogP contribution in [-0.4, -0.2) is 14.2 Å². The highest BCUT2D eigenvalue weighted by molar-refractivity contribution is 9.10. The maximum atomic E-state index is 6.01. The van der Waals surface area contributed by atoms with Gasteiger partial charge in [0.2, 0.25) is 0 Å². The van der Waals surface area contributed by atoms with Crippen LogP contribution in [0.2, 0.25) is 0 Å². The molecule has 0 atom stereocenters. The summed E-state index contributed by atoms with van der Waals surface area (Å²) in [6.07, 6.45) is 0. The van der Waals surface area contributed by atoms with E-state index in [0.29, 0.717) is 0 Å². The van der Waals surface area contributed by atoms with E-state index in [1.54, 1.807) is 7.11 Å². The average Bonchev–Trinajstić information content (AvgIpc) is 2.43. The Morgan fingerprint density at radius 1 is 1.05 bits per heavy atom. The molecule has 0 amide bonds. The van der Waals surface area contributed by atoms with Crippen LogP contribution in [0.25, 0.3) is 0 Å². The molecule has 0 aliphatic rings. The lowest BCUT2D eigenvalue weighted by Gasteiger charge is -2.14. The number of hydrogen-bond donors (Lipinski definition) is 1. The lowest BCUT2D eigenvalue weighted by Crippen LogP contribution is -2.06. The van der Waals surface area contributed by atoms with Crippen molar-refractivity contribution < 1.29 is 9.47 Å². The van der Waals surface area contributed by atoms with Crippen LogP contribution in [0.15, 0.2) is 40.9 Å². The van der Waals surface area contributed by atoms with E-state index in [9.17, 15) is 0 Å². The van der Waals surface area contributed by atoms with Gasteiger partial charge in [-0.2, -0.15) is 0 Å². The van der Waals surface area contributed by atoms with Crippen molar-refractivity contribution in [2.75, 3.05) is 14.2 Å². The standard InChI is InChI=1S/C16H18BrNO2/c1-11-4-6-15(16(8-11)19-3)20-14-7-5-13(17)9-12(14)10-18-2/h4-9,18H,10H2,1-3H3. The van der Waals surface area contributed by atoms with Crippen LogP contribution >= 0.6 is 15.9 Å². The van der Waals surface area contributed by atoms with Gasteiger partial charge in [0.1, 0.15) is 5.75 Å². The lowest BCUT2D eigenvalue weighted by molar-refractivity contribution is 0.377. The molecule has 0 spiro atoms. The molecule has 0 saturated heterocycles. The summed E-state index contributed by atoms with van der Waals surface area (Å²) in [7, 11) is 3.56. The molecule has 0 radical (unpaired) electrons. The minimum absolute atomic E-state index is 0.720. The molecule has 0 heterocycles. The Kier molecular flexibility index (Phi) is 5.04. The van der Waals surface area contributed by atoms with E-state index in [2.05, 4.69) is 21.2 Å². The first kappa shape index (κ1) is 14.9. The minimum Gasteiger partial charge on any atom is -0.493 e. The Bertz CT molecular complexity index is 599. The zero-order valence-corrected chi connectivity index (χ0v) is 13.5. The van der Waals surface area contributed by atoms with Crippen molar-refractivity contribution in [2.45, 2.75) is 13.5 Å². The van der Waals surface area contributed by atoms with E-state index >= 15 is 0 Å². The Morgan fingerprint density at radius 2 is 1.80 bits per heavy atom. The van der Waals surface area contributed by atoms with Gasteiger partial charge in [0.25, 0.3) is 0 Å². The van der Waals surface area contributed by atoms with E-state index in [1.165, 1.54) is 0 Å². The Morgan fingerprint density at radius 3 is 2.50 bits per heavy atom. The molecule has 1 N–H and O–H groups in total. The molecule has 0 bridgehead atoms. The predicted molar refractivity (Wildman–Crippen MR) is 84.7 cm³/mol. The van der Waals surface area contributed by atoms with E-state index in [1.807, 2.05) is 50.4 Å². The normalized spacial score (nSPS) is 10.4. The Labute approximate surface area is 128 Å². The predicted octanol–water partition coefficient (Wildman–Crippen LogP) is 4.28. The molecule has 4 heteroatoms. The van der Waals surface area contributed by atoms with Gasteiger partial charge >= 0.3 is 0 Å². The summed E-state index contributed by atoms with van der Waals surface area (Å²) in [4.78, 5) is 0. The monoisotopic (exact) mass is 335 g/mol. The number of methoxy groups -OCH3 is 1. The van der Waals surface area contributed by atoms with Crippen LogP contribution < -0.4 is 14.8 Å². The van der Waals surface area contributed by atoms with Gasteiger partial charge in [-0.25, -0.2) is 0 Å². The molecule has 20 heavy (non-hydrogen) atoms. The number of nitrogens with one attached hydrogen (secondary N) is 1. The number of benzene rings is 2. The summed E-state index contributed by atoms with van der Waals surface area (Å²) in [5.41, 5.74) is 2.23. The number of ether oxygens (including phenoxy) is 2. The summed E-state index contributed by atoms with van der Waals surface area (Å²) < 4.78 is 12.4. The van der Waals surface area contributed by atoms with Crippen molar-refractivity contribution in [1.82, 2.24) is 5.32 Å². The second-order valence-corrected chi connectivity index (χ2v) is 5.45. The van der Waals surface area contributed by atoms with Crippen molar-refractivity contribution in [3.63, 3.8) is 0 Å². The summed E-state index contributed by atoms with van der Waals surface area (Å²) in [5, 5.41) is 3.14. The molecule has 0 unspecified atom stereocenters. The van der Waals surface area contributed by atoms with Crippen LogP contribution in [0, 0.1) is 6.92 Å². The molecule has 2 aromatic rings. The van der Waals surface area contributed by atoms with Crippen molar-refractivity contribution in [3.8, 4) is 17.2 Å². The van der Waals surface area contributed by atoms with E-state index < -0.39 is 0 Å². The van der Waals surface area contributed by atoms with Crippen molar-refractivity contribution in [3.05, 3.63) is 52.0 Å². The molecule has 3 nitrogen and oxygen atoms in total. The molecule has 0 saturated carbocycles. The first-order valence-corrected chi connectivity index (χ1v) is 7.19. The third-order valence-corrected chi connectivity index (χ3v) is 3.42. The molecular formula is C16H18BrNO2. The Balaban J connectivity index is 2.34. The number of rotatable bonds is 5. The van der Waals surface area contributed by atoms with Crippen molar-refractivity contribution >= 4 is 15.9 Å². The summed E-state index contributed by atoms with van der Waals surface area (Å²) in [6.45, 7) is 2.77. The first-order chi connectivity index (χ1) is 9.63. The second-order valence-electron chi connectivity index (χ2n) is 4.54. The highest BCUT2D eigenvalue weighted by Gasteiger charge is 2.09. The smallest absolute Gasteiger partial charge is 0.169 e. The third kappa shape index (κ3) is 3.52. The number of aryl methyl sites for hydroxylation is 1. The topological polar surface area (TPSA) is 30.5 Å². The molecule has 0 aliphatic carbocycles. The molecule has 0 aliphatic heterocycles. The molecule has 0 fully saturated rings. The first-order valence-electron chi connectivity index (χ1n) is 6.39. The van der Waals surface area contributed by atoms with Gasteiger partial charge in [-0.1, -0.05) is 22.0 Å². The molecular weight excluding hydrogens is 318 g/mol. The van der Waals surface area contributed by atoms with E-state index in [-0.39, 0.29) is 0 Å². The van der Waals surface area contributed by atoms with Gasteiger partial charge in [-0.15, -0.1) is 0 Å². The molecule has 106 valence electrons. The van der Waals surface area contributed by atoms with Gasteiger partial charge in [0.05, 0.1) is 7.11 Å². The zero-order valence-electron chi connectivity index (χ0n) is 11.9. The third-order valence-electron chi connectivity index (χ3n) is 2.93. The quantitative estimate of drug-likeness (QED) is 0.884. The maximum Gasteiger partial charge on any atom is 0.169 e. The van der Waals surface area contributed by atoms with Gasteiger partial charge in [-0.3, -0.25) is 0 Å². The highest BCUT2D eigenvalue weighted by atomic mass is 79.9. The second kappa shape index (κ2) is 6.77. The summed E-state index contributed by atoms with van der Waals surface area (Å²) in [6, 6.07) is 11.9. The van der Waals surface area contributed by atoms with E-state index in [0.717, 1.165) is 39.4 Å². The number of halogens is 1.